The number of rotatable bonds is 4. The van der Waals surface area contributed by atoms with Crippen molar-refractivity contribution in [2.24, 2.45) is 0 Å². The number of carbonyl (C=O) groups is 1. The highest BCUT2D eigenvalue weighted by Crippen LogP contribution is 2.30. The molecular weight excluding hydrogens is 345 g/mol. The molecule has 0 spiro atoms. The number of hydrogen-bond donors (Lipinski definition) is 2. The third-order valence-corrected chi connectivity index (χ3v) is 4.96. The van der Waals surface area contributed by atoms with Gasteiger partial charge in [0.1, 0.15) is 11.6 Å². The number of likely N-dealkylation sites (tertiary alicyclic amines) is 1. The van der Waals surface area contributed by atoms with E-state index in [0.29, 0.717) is 18.5 Å². The summed E-state index contributed by atoms with van der Waals surface area (Å²) in [5.74, 6) is 0.441. The van der Waals surface area contributed by atoms with Crippen molar-refractivity contribution >= 4 is 17.1 Å². The molecule has 2 aromatic heterocycles. The molecule has 3 heterocycles. The van der Waals surface area contributed by atoms with Crippen LogP contribution in [0.1, 0.15) is 36.7 Å². The minimum atomic E-state index is -0.294. The van der Waals surface area contributed by atoms with Crippen LogP contribution in [0.3, 0.4) is 0 Å². The van der Waals surface area contributed by atoms with E-state index < -0.39 is 0 Å². The summed E-state index contributed by atoms with van der Waals surface area (Å²) in [5, 5.41) is 2.99. The predicted molar refractivity (Wildman–Crippen MR) is 101 cm³/mol. The molecule has 4 rings (SSSR count). The topological polar surface area (TPSA) is 73.9 Å². The Hall–Kier alpha value is -2.96. The van der Waals surface area contributed by atoms with E-state index in [-0.39, 0.29) is 17.9 Å². The molecule has 1 atom stereocenters. The molecular formula is C20H22FN5O. The zero-order chi connectivity index (χ0) is 18.6. The summed E-state index contributed by atoms with van der Waals surface area (Å²) in [7, 11) is 0. The second kappa shape index (κ2) is 7.73. The largest absolute Gasteiger partial charge is 0.342 e. The fourth-order valence-electron chi connectivity index (χ4n) is 3.64. The maximum Gasteiger partial charge on any atom is 0.317 e. The minimum Gasteiger partial charge on any atom is -0.342 e. The standard InChI is InChI=1S/C20H22FN5O/c21-15-6-7-16-17(12-15)25-19(24-16)8-10-23-20(27)26-11-2-1-5-18(26)14-4-3-9-22-13-14/h3-4,6-7,9,12-13,18H,1-2,5,8,10-11H2,(H,23,27)(H,24,25). The molecule has 1 aromatic carbocycles. The maximum atomic E-state index is 13.3. The SMILES string of the molecule is O=C(NCCc1nc2ccc(F)cc2[nH]1)N1CCCCC1c1cccnc1. The number of piperidine rings is 1. The Bertz CT molecular complexity index is 927. The fourth-order valence-corrected chi connectivity index (χ4v) is 3.64. The van der Waals surface area contributed by atoms with E-state index in [1.165, 1.54) is 12.1 Å². The molecule has 1 fully saturated rings. The lowest BCUT2D eigenvalue weighted by Crippen LogP contribution is -2.45. The predicted octanol–water partition coefficient (Wildman–Crippen LogP) is 3.58. The first-order valence-electron chi connectivity index (χ1n) is 9.29. The van der Waals surface area contributed by atoms with Crippen LogP contribution in [0.25, 0.3) is 11.0 Å². The van der Waals surface area contributed by atoms with Crippen LogP contribution >= 0.6 is 0 Å². The number of aromatic amines is 1. The molecule has 3 aromatic rings. The van der Waals surface area contributed by atoms with Crippen LogP contribution in [0.15, 0.2) is 42.7 Å². The number of nitrogens with one attached hydrogen (secondary N) is 2. The average Bonchev–Trinajstić information content (AvgIpc) is 3.10. The van der Waals surface area contributed by atoms with E-state index in [9.17, 15) is 9.18 Å². The van der Waals surface area contributed by atoms with Crippen molar-refractivity contribution < 1.29 is 9.18 Å². The van der Waals surface area contributed by atoms with Crippen LogP contribution in [0.4, 0.5) is 9.18 Å². The zero-order valence-electron chi connectivity index (χ0n) is 15.0. The molecule has 7 heteroatoms. The molecule has 1 aliphatic rings. The van der Waals surface area contributed by atoms with Gasteiger partial charge in [-0.15, -0.1) is 0 Å². The van der Waals surface area contributed by atoms with Crippen molar-refractivity contribution in [3.05, 3.63) is 59.9 Å². The lowest BCUT2D eigenvalue weighted by atomic mass is 9.97. The summed E-state index contributed by atoms with van der Waals surface area (Å²) in [5.41, 5.74) is 2.47. The van der Waals surface area contributed by atoms with Crippen LogP contribution in [0.2, 0.25) is 0 Å². The Labute approximate surface area is 156 Å². The summed E-state index contributed by atoms with van der Waals surface area (Å²) in [6.07, 6.45) is 7.22. The number of carbonyl (C=O) groups excluding carboxylic acids is 1. The van der Waals surface area contributed by atoms with Crippen molar-refractivity contribution in [1.82, 2.24) is 25.2 Å². The van der Waals surface area contributed by atoms with Gasteiger partial charge in [0.05, 0.1) is 17.1 Å². The van der Waals surface area contributed by atoms with Gasteiger partial charge < -0.3 is 15.2 Å². The van der Waals surface area contributed by atoms with Gasteiger partial charge in [-0.05, 0) is 49.1 Å². The highest BCUT2D eigenvalue weighted by molar-refractivity contribution is 5.75. The van der Waals surface area contributed by atoms with Crippen LogP contribution in [0.5, 0.6) is 0 Å². The molecule has 140 valence electrons. The molecule has 27 heavy (non-hydrogen) atoms. The second-order valence-corrected chi connectivity index (χ2v) is 6.82. The van der Waals surface area contributed by atoms with Crippen LogP contribution in [0, 0.1) is 5.82 Å². The van der Waals surface area contributed by atoms with E-state index in [1.54, 1.807) is 12.3 Å². The average molecular weight is 367 g/mol. The zero-order valence-corrected chi connectivity index (χ0v) is 15.0. The molecule has 2 N–H and O–H groups in total. The second-order valence-electron chi connectivity index (χ2n) is 6.82. The lowest BCUT2D eigenvalue weighted by molar-refractivity contribution is 0.151. The summed E-state index contributed by atoms with van der Waals surface area (Å²) in [4.78, 5) is 26.3. The Morgan fingerprint density at radius 3 is 3.11 bits per heavy atom. The normalized spacial score (nSPS) is 17.2. The molecule has 0 aliphatic carbocycles. The Morgan fingerprint density at radius 2 is 2.26 bits per heavy atom. The number of benzene rings is 1. The van der Waals surface area contributed by atoms with Gasteiger partial charge in [-0.2, -0.15) is 0 Å². The Morgan fingerprint density at radius 1 is 1.33 bits per heavy atom. The van der Waals surface area contributed by atoms with E-state index in [1.807, 2.05) is 23.2 Å². The molecule has 1 aliphatic heterocycles. The first-order valence-corrected chi connectivity index (χ1v) is 9.29. The van der Waals surface area contributed by atoms with Crippen molar-refractivity contribution in [3.8, 4) is 0 Å². The van der Waals surface area contributed by atoms with Crippen molar-refractivity contribution in [1.29, 1.82) is 0 Å². The molecule has 1 saturated heterocycles. The van der Waals surface area contributed by atoms with E-state index in [0.717, 1.165) is 42.7 Å². The summed E-state index contributed by atoms with van der Waals surface area (Å²) in [6, 6.07) is 8.41. The van der Waals surface area contributed by atoms with Gasteiger partial charge in [-0.3, -0.25) is 4.98 Å². The number of fused-ring (bicyclic) bond motifs is 1. The number of amides is 2. The van der Waals surface area contributed by atoms with Gasteiger partial charge in [0, 0.05) is 31.9 Å². The summed E-state index contributed by atoms with van der Waals surface area (Å²) in [6.45, 7) is 1.21. The van der Waals surface area contributed by atoms with E-state index in [4.69, 9.17) is 0 Å². The molecule has 6 nitrogen and oxygen atoms in total. The van der Waals surface area contributed by atoms with Gasteiger partial charge >= 0.3 is 6.03 Å². The number of pyridine rings is 1. The maximum absolute atomic E-state index is 13.3. The molecule has 2 amide bonds. The van der Waals surface area contributed by atoms with Gasteiger partial charge in [-0.25, -0.2) is 14.2 Å². The highest BCUT2D eigenvalue weighted by Gasteiger charge is 2.27. The quantitative estimate of drug-likeness (QED) is 0.740. The van der Waals surface area contributed by atoms with Crippen LogP contribution in [-0.2, 0) is 6.42 Å². The number of halogens is 1. The monoisotopic (exact) mass is 367 g/mol. The third-order valence-electron chi connectivity index (χ3n) is 4.96. The number of hydrogen-bond acceptors (Lipinski definition) is 3. The number of aromatic nitrogens is 3. The molecule has 1 unspecified atom stereocenters. The first-order chi connectivity index (χ1) is 13.2. The summed E-state index contributed by atoms with van der Waals surface area (Å²) < 4.78 is 13.3. The van der Waals surface area contributed by atoms with Crippen molar-refractivity contribution in [2.45, 2.75) is 31.7 Å². The molecule has 0 saturated carbocycles. The minimum absolute atomic E-state index is 0.0642. The van der Waals surface area contributed by atoms with Gasteiger partial charge in [-0.1, -0.05) is 6.07 Å². The smallest absolute Gasteiger partial charge is 0.317 e. The van der Waals surface area contributed by atoms with E-state index in [2.05, 4.69) is 20.3 Å². The Balaban J connectivity index is 1.37. The van der Waals surface area contributed by atoms with Gasteiger partial charge in [0.25, 0.3) is 0 Å². The van der Waals surface area contributed by atoms with Crippen LogP contribution < -0.4 is 5.32 Å². The lowest BCUT2D eigenvalue weighted by Gasteiger charge is -2.35. The highest BCUT2D eigenvalue weighted by atomic mass is 19.1. The fraction of sp³-hybridized carbons (Fsp3) is 0.350. The number of H-pyrrole nitrogens is 1. The van der Waals surface area contributed by atoms with E-state index >= 15 is 0 Å². The number of nitrogens with zero attached hydrogens (tertiary/aromatic N) is 3. The number of imidazole rings is 1. The first kappa shape index (κ1) is 17.5. The van der Waals surface area contributed by atoms with Crippen molar-refractivity contribution in [3.63, 3.8) is 0 Å². The Kier molecular flexibility index (Phi) is 5.00. The van der Waals surface area contributed by atoms with Gasteiger partial charge in [0.15, 0.2) is 0 Å². The number of urea groups is 1. The summed E-state index contributed by atoms with van der Waals surface area (Å²) >= 11 is 0. The molecule has 0 radical (unpaired) electrons. The third kappa shape index (κ3) is 3.92. The van der Waals surface area contributed by atoms with Gasteiger partial charge in [0.2, 0.25) is 0 Å². The van der Waals surface area contributed by atoms with Crippen LogP contribution in [-0.4, -0.2) is 39.0 Å². The molecule has 0 bridgehead atoms. The van der Waals surface area contributed by atoms with Crippen molar-refractivity contribution in [2.75, 3.05) is 13.1 Å².